The molecule has 0 bridgehead atoms. The molecule has 0 spiro atoms. The van der Waals surface area contributed by atoms with Crippen molar-refractivity contribution in [3.05, 3.63) is 36.4 Å². The molecule has 0 atom stereocenters. The van der Waals surface area contributed by atoms with Crippen molar-refractivity contribution >= 4 is 34.3 Å². The van der Waals surface area contributed by atoms with E-state index in [1.807, 2.05) is 23.5 Å². The average Bonchev–Trinajstić information content (AvgIpc) is 2.48. The van der Waals surface area contributed by atoms with Gasteiger partial charge in [-0.2, -0.15) is 0 Å². The SMILES string of the molecule is C#CCCSc1cccc2cccc(SCCC#C)c12. The first-order chi connectivity index (χ1) is 9.86. The Labute approximate surface area is 129 Å². The molecule has 0 aliphatic rings. The van der Waals surface area contributed by atoms with Gasteiger partial charge in [0.2, 0.25) is 0 Å². The molecule has 0 nitrogen and oxygen atoms in total. The van der Waals surface area contributed by atoms with Crippen LogP contribution in [0, 0.1) is 24.7 Å². The Bertz CT molecular complexity index is 604. The van der Waals surface area contributed by atoms with Crippen LogP contribution in [0.2, 0.25) is 0 Å². The van der Waals surface area contributed by atoms with Gasteiger partial charge in [0.25, 0.3) is 0 Å². The van der Waals surface area contributed by atoms with Crippen LogP contribution >= 0.6 is 23.5 Å². The van der Waals surface area contributed by atoms with E-state index >= 15 is 0 Å². The summed E-state index contributed by atoms with van der Waals surface area (Å²) in [5.41, 5.74) is 0. The van der Waals surface area contributed by atoms with Crippen molar-refractivity contribution in [2.45, 2.75) is 22.6 Å². The summed E-state index contributed by atoms with van der Waals surface area (Å²) in [6.07, 6.45) is 12.3. The molecule has 2 aromatic rings. The molecule has 0 aliphatic heterocycles. The van der Waals surface area contributed by atoms with Gasteiger partial charge in [0.1, 0.15) is 0 Å². The van der Waals surface area contributed by atoms with Crippen LogP contribution in [-0.2, 0) is 0 Å². The largest absolute Gasteiger partial charge is 0.124 e. The fourth-order valence-corrected chi connectivity index (χ4v) is 3.99. The molecule has 0 aromatic heterocycles. The highest BCUT2D eigenvalue weighted by Gasteiger charge is 2.07. The molecule has 0 saturated heterocycles. The van der Waals surface area contributed by atoms with E-state index in [-0.39, 0.29) is 0 Å². The molecule has 0 heterocycles. The normalized spacial score (nSPS) is 10.1. The minimum atomic E-state index is 0.799. The summed E-state index contributed by atoms with van der Waals surface area (Å²) < 4.78 is 0. The molecule has 2 rings (SSSR count). The van der Waals surface area contributed by atoms with Crippen molar-refractivity contribution in [3.8, 4) is 24.7 Å². The van der Waals surface area contributed by atoms with Gasteiger partial charge in [-0.1, -0.05) is 24.3 Å². The lowest BCUT2D eigenvalue weighted by atomic mass is 10.1. The van der Waals surface area contributed by atoms with Crippen LogP contribution in [0.25, 0.3) is 10.8 Å². The summed E-state index contributed by atoms with van der Waals surface area (Å²) >= 11 is 3.66. The molecular formula is C18H16S2. The molecule has 2 heteroatoms. The second-order valence-electron chi connectivity index (χ2n) is 4.22. The Morgan fingerprint density at radius 3 is 1.75 bits per heavy atom. The van der Waals surface area contributed by atoms with E-state index in [2.05, 4.69) is 48.2 Å². The molecule has 0 aliphatic carbocycles. The van der Waals surface area contributed by atoms with E-state index in [0.29, 0.717) is 0 Å². The van der Waals surface area contributed by atoms with Crippen LogP contribution in [0.3, 0.4) is 0 Å². The predicted molar refractivity (Wildman–Crippen MR) is 92.3 cm³/mol. The summed E-state index contributed by atoms with van der Waals surface area (Å²) in [5.74, 6) is 7.30. The Hall–Kier alpha value is -1.48. The molecule has 0 N–H and O–H groups in total. The van der Waals surface area contributed by atoms with Crippen LogP contribution in [0.15, 0.2) is 46.2 Å². The molecule has 0 fully saturated rings. The highest BCUT2D eigenvalue weighted by molar-refractivity contribution is 8.00. The minimum Gasteiger partial charge on any atom is -0.124 e. The molecule has 100 valence electrons. The number of hydrogen-bond acceptors (Lipinski definition) is 2. The van der Waals surface area contributed by atoms with Gasteiger partial charge in [0.05, 0.1) is 0 Å². The van der Waals surface area contributed by atoms with Crippen LogP contribution in [0.5, 0.6) is 0 Å². The third-order valence-electron chi connectivity index (χ3n) is 2.84. The molecule has 2 aromatic carbocycles. The molecule has 0 amide bonds. The topological polar surface area (TPSA) is 0 Å². The second-order valence-corrected chi connectivity index (χ2v) is 6.49. The molecule has 0 radical (unpaired) electrons. The summed E-state index contributed by atoms with van der Waals surface area (Å²) in [6, 6.07) is 12.9. The van der Waals surface area contributed by atoms with E-state index in [4.69, 9.17) is 12.8 Å². The quantitative estimate of drug-likeness (QED) is 0.414. The molecule has 0 unspecified atom stereocenters. The zero-order chi connectivity index (χ0) is 14.2. The lowest BCUT2D eigenvalue weighted by Gasteiger charge is -2.10. The third-order valence-corrected chi connectivity index (χ3v) is 4.96. The van der Waals surface area contributed by atoms with Gasteiger partial charge >= 0.3 is 0 Å². The van der Waals surface area contributed by atoms with Crippen molar-refractivity contribution in [3.63, 3.8) is 0 Å². The summed E-state index contributed by atoms with van der Waals surface area (Å²) in [6.45, 7) is 0. The van der Waals surface area contributed by atoms with Crippen LogP contribution < -0.4 is 0 Å². The number of fused-ring (bicyclic) bond motifs is 1. The fourth-order valence-electron chi connectivity index (χ4n) is 1.95. The first-order valence-corrected chi connectivity index (χ1v) is 8.48. The molecule has 20 heavy (non-hydrogen) atoms. The Balaban J connectivity index is 2.32. The van der Waals surface area contributed by atoms with E-state index in [0.717, 1.165) is 24.3 Å². The summed E-state index contributed by atoms with van der Waals surface area (Å²) in [7, 11) is 0. The lowest BCUT2D eigenvalue weighted by Crippen LogP contribution is -1.85. The first kappa shape index (κ1) is 14.9. The van der Waals surface area contributed by atoms with E-state index < -0.39 is 0 Å². The van der Waals surface area contributed by atoms with Gasteiger partial charge in [-0.15, -0.1) is 48.2 Å². The Morgan fingerprint density at radius 1 is 0.800 bits per heavy atom. The van der Waals surface area contributed by atoms with E-state index in [1.54, 1.807) is 0 Å². The predicted octanol–water partition coefficient (Wildman–Crippen LogP) is 5.07. The van der Waals surface area contributed by atoms with Gasteiger partial charge in [0.15, 0.2) is 0 Å². The molecule has 0 saturated carbocycles. The van der Waals surface area contributed by atoms with Gasteiger partial charge in [-0.25, -0.2) is 0 Å². The highest BCUT2D eigenvalue weighted by Crippen LogP contribution is 2.35. The standard InChI is InChI=1S/C18H16S2/c1-3-5-13-19-16-11-7-9-15-10-8-12-17(18(15)16)20-14-6-4-2/h1-2,7-12H,5-6,13-14H2. The molecular weight excluding hydrogens is 280 g/mol. The van der Waals surface area contributed by atoms with Crippen molar-refractivity contribution in [1.29, 1.82) is 0 Å². The van der Waals surface area contributed by atoms with Crippen molar-refractivity contribution in [2.75, 3.05) is 11.5 Å². The maximum Gasteiger partial charge on any atom is 0.0180 e. The highest BCUT2D eigenvalue weighted by atomic mass is 32.2. The fraction of sp³-hybridized carbons (Fsp3) is 0.222. The lowest BCUT2D eigenvalue weighted by molar-refractivity contribution is 1.29. The van der Waals surface area contributed by atoms with Gasteiger partial charge < -0.3 is 0 Å². The van der Waals surface area contributed by atoms with Gasteiger partial charge in [-0.3, -0.25) is 0 Å². The third kappa shape index (κ3) is 3.76. The number of benzene rings is 2. The van der Waals surface area contributed by atoms with Crippen LogP contribution in [-0.4, -0.2) is 11.5 Å². The van der Waals surface area contributed by atoms with Gasteiger partial charge in [-0.05, 0) is 17.5 Å². The van der Waals surface area contributed by atoms with E-state index in [9.17, 15) is 0 Å². The van der Waals surface area contributed by atoms with Crippen LogP contribution in [0.4, 0.5) is 0 Å². The number of rotatable bonds is 6. The zero-order valence-electron chi connectivity index (χ0n) is 11.3. The number of hydrogen-bond donors (Lipinski definition) is 0. The summed E-state index contributed by atoms with van der Waals surface area (Å²) in [5, 5.41) is 2.61. The van der Waals surface area contributed by atoms with Crippen molar-refractivity contribution in [1.82, 2.24) is 0 Å². The van der Waals surface area contributed by atoms with Crippen molar-refractivity contribution in [2.24, 2.45) is 0 Å². The summed E-state index contributed by atoms with van der Waals surface area (Å²) in [4.78, 5) is 2.61. The zero-order valence-corrected chi connectivity index (χ0v) is 12.9. The van der Waals surface area contributed by atoms with E-state index in [1.165, 1.54) is 20.6 Å². The monoisotopic (exact) mass is 296 g/mol. The number of terminal acetylenes is 2. The Morgan fingerprint density at radius 2 is 1.30 bits per heavy atom. The van der Waals surface area contributed by atoms with Crippen LogP contribution in [0.1, 0.15) is 12.8 Å². The maximum atomic E-state index is 5.33. The first-order valence-electron chi connectivity index (χ1n) is 6.51. The smallest absolute Gasteiger partial charge is 0.0180 e. The van der Waals surface area contributed by atoms with Crippen molar-refractivity contribution < 1.29 is 0 Å². The maximum absolute atomic E-state index is 5.33. The number of thioether (sulfide) groups is 2. The second kappa shape index (κ2) is 7.95. The minimum absolute atomic E-state index is 0.799. The van der Waals surface area contributed by atoms with Gasteiger partial charge in [0, 0.05) is 39.5 Å². The Kier molecular flexibility index (Phi) is 5.93. The average molecular weight is 296 g/mol.